The molecule has 2 unspecified atom stereocenters. The first-order valence-corrected chi connectivity index (χ1v) is 21.7. The summed E-state index contributed by atoms with van der Waals surface area (Å²) in [4.78, 5) is 69.9. The maximum absolute atomic E-state index is 14.0. The van der Waals surface area contributed by atoms with E-state index in [9.17, 15) is 34.2 Å². The van der Waals surface area contributed by atoms with Crippen LogP contribution in [0.1, 0.15) is 114 Å². The van der Waals surface area contributed by atoms with Gasteiger partial charge in [-0.25, -0.2) is 4.79 Å². The fourth-order valence-corrected chi connectivity index (χ4v) is 7.85. The summed E-state index contributed by atoms with van der Waals surface area (Å²) in [6, 6.07) is -1.11. The van der Waals surface area contributed by atoms with Crippen LogP contribution in [0.3, 0.4) is 0 Å². The Kier molecular flexibility index (Phi) is 22.5. The minimum absolute atomic E-state index is 0.0972. The number of ether oxygens (including phenoxy) is 5. The molecule has 10 atom stereocenters. The van der Waals surface area contributed by atoms with E-state index >= 15 is 0 Å². The molecule has 0 aromatic rings. The molecule has 2 N–H and O–H groups in total. The van der Waals surface area contributed by atoms with Crippen LogP contribution < -0.4 is 0 Å². The second kappa shape index (κ2) is 25.6. The van der Waals surface area contributed by atoms with Crippen molar-refractivity contribution in [3.63, 3.8) is 0 Å². The van der Waals surface area contributed by atoms with Crippen LogP contribution >= 0.6 is 0 Å². The molecule has 2 rings (SSSR count). The molecule has 2 fully saturated rings. The summed E-state index contributed by atoms with van der Waals surface area (Å²) in [5.41, 5.74) is 1.29. The average molecular weight is 846 g/mol. The molecule has 0 spiro atoms. The second-order valence-corrected chi connectivity index (χ2v) is 17.4. The van der Waals surface area contributed by atoms with Crippen molar-refractivity contribution in [2.24, 2.45) is 29.6 Å². The largest absolute Gasteiger partial charge is 0.460 e. The highest BCUT2D eigenvalue weighted by Crippen LogP contribution is 2.37. The van der Waals surface area contributed by atoms with Gasteiger partial charge < -0.3 is 38.8 Å². The van der Waals surface area contributed by atoms with E-state index in [0.29, 0.717) is 57.3 Å². The Morgan fingerprint density at radius 2 is 1.67 bits per heavy atom. The van der Waals surface area contributed by atoms with Crippen LogP contribution in [0.15, 0.2) is 48.1 Å². The highest BCUT2D eigenvalue weighted by Gasteiger charge is 2.53. The molecule has 0 aromatic carbocycles. The first-order valence-electron chi connectivity index (χ1n) is 21.7. The van der Waals surface area contributed by atoms with Gasteiger partial charge in [0.05, 0.1) is 31.3 Å². The van der Waals surface area contributed by atoms with Crippen LogP contribution in [0.25, 0.3) is 0 Å². The number of amides is 1. The monoisotopic (exact) mass is 846 g/mol. The number of aliphatic hydroxyl groups is 2. The lowest BCUT2D eigenvalue weighted by Crippen LogP contribution is -2.61. The summed E-state index contributed by atoms with van der Waals surface area (Å²) in [7, 11) is 2.95. The number of aliphatic hydroxyl groups excluding tert-OH is 1. The van der Waals surface area contributed by atoms with E-state index in [1.54, 1.807) is 47.8 Å². The van der Waals surface area contributed by atoms with E-state index in [2.05, 4.69) is 6.58 Å². The van der Waals surface area contributed by atoms with Crippen molar-refractivity contribution in [1.82, 2.24) is 4.90 Å². The normalized spacial score (nSPS) is 24.8. The van der Waals surface area contributed by atoms with Crippen molar-refractivity contribution in [3.05, 3.63) is 48.1 Å². The van der Waals surface area contributed by atoms with E-state index in [1.165, 1.54) is 18.1 Å². The molecule has 340 valence electrons. The van der Waals surface area contributed by atoms with Gasteiger partial charge in [-0.15, -0.1) is 6.58 Å². The first-order chi connectivity index (χ1) is 28.3. The molecule has 1 amide bonds. The van der Waals surface area contributed by atoms with Crippen LogP contribution in [0.5, 0.6) is 0 Å². The molecule has 2 aliphatic rings. The van der Waals surface area contributed by atoms with Gasteiger partial charge in [-0.1, -0.05) is 71.9 Å². The summed E-state index contributed by atoms with van der Waals surface area (Å²) >= 11 is 0. The SMILES string of the molecule is C=C[C@H](/C=C(\C)[C@@H](O)[C@@H](OC)C(=O)[C@H](C)CC(C)C)C(=O)C[C@H](OC(=O)C1CCCCN1C(=O)C(=O)[C@]1(O)O[C@H](CC(OCCOC)/C(C)=C/C=C/C)CC[C@H]1C)C(C)C. The van der Waals surface area contributed by atoms with Gasteiger partial charge in [0.25, 0.3) is 11.7 Å². The third-order valence-electron chi connectivity index (χ3n) is 11.7. The zero-order valence-corrected chi connectivity index (χ0v) is 38.1. The van der Waals surface area contributed by atoms with Gasteiger partial charge in [0.1, 0.15) is 30.1 Å². The molecule has 0 aliphatic carbocycles. The van der Waals surface area contributed by atoms with Crippen LogP contribution in [0, 0.1) is 29.6 Å². The predicted molar refractivity (Wildman–Crippen MR) is 230 cm³/mol. The number of esters is 1. The van der Waals surface area contributed by atoms with Crippen LogP contribution in [0.2, 0.25) is 0 Å². The van der Waals surface area contributed by atoms with Gasteiger partial charge in [-0.2, -0.15) is 0 Å². The predicted octanol–water partition coefficient (Wildman–Crippen LogP) is 6.29. The summed E-state index contributed by atoms with van der Waals surface area (Å²) in [5, 5.41) is 22.9. The summed E-state index contributed by atoms with van der Waals surface area (Å²) < 4.78 is 28.7. The smallest absolute Gasteiger partial charge is 0.329 e. The van der Waals surface area contributed by atoms with Crippen molar-refractivity contribution in [1.29, 1.82) is 0 Å². The number of ketones is 3. The van der Waals surface area contributed by atoms with Crippen LogP contribution in [-0.4, -0.2) is 121 Å². The number of carbonyl (C=O) groups is 5. The molecule has 2 aliphatic heterocycles. The van der Waals surface area contributed by atoms with Gasteiger partial charge in [0, 0.05) is 45.4 Å². The lowest BCUT2D eigenvalue weighted by molar-refractivity contribution is -0.266. The summed E-state index contributed by atoms with van der Waals surface area (Å²) in [6.07, 6.45) is 7.52. The number of hydrogen-bond donors (Lipinski definition) is 2. The number of rotatable bonds is 25. The number of allylic oxidation sites excluding steroid dienone is 5. The third-order valence-corrected chi connectivity index (χ3v) is 11.7. The minimum Gasteiger partial charge on any atom is -0.460 e. The van der Waals surface area contributed by atoms with Crippen molar-refractivity contribution in [2.75, 3.05) is 34.0 Å². The van der Waals surface area contributed by atoms with Crippen LogP contribution in [0.4, 0.5) is 0 Å². The Bertz CT molecular complexity index is 1530. The number of methoxy groups -OCH3 is 2. The molecule has 0 saturated carbocycles. The molecule has 13 nitrogen and oxygen atoms in total. The highest BCUT2D eigenvalue weighted by molar-refractivity contribution is 6.39. The Balaban J connectivity index is 2.24. The minimum atomic E-state index is -2.42. The van der Waals surface area contributed by atoms with Crippen molar-refractivity contribution < 1.29 is 57.9 Å². The van der Waals surface area contributed by atoms with Gasteiger partial charge in [0.15, 0.2) is 5.78 Å². The first kappa shape index (κ1) is 52.8. The lowest BCUT2D eigenvalue weighted by Gasteiger charge is -2.42. The van der Waals surface area contributed by atoms with E-state index < -0.39 is 65.7 Å². The molecule has 0 bridgehead atoms. The molecule has 60 heavy (non-hydrogen) atoms. The van der Waals surface area contributed by atoms with Crippen molar-refractivity contribution in [2.45, 2.75) is 156 Å². The quantitative estimate of drug-likeness (QED) is 0.0346. The number of likely N-dealkylation sites (tertiary alicyclic amines) is 1. The Hall–Kier alpha value is -3.33. The molecule has 13 heteroatoms. The maximum Gasteiger partial charge on any atom is 0.329 e. The highest BCUT2D eigenvalue weighted by atomic mass is 16.6. The zero-order chi connectivity index (χ0) is 45.3. The summed E-state index contributed by atoms with van der Waals surface area (Å²) in [6.45, 7) is 21.2. The Morgan fingerprint density at radius 3 is 2.25 bits per heavy atom. The maximum atomic E-state index is 14.0. The molecular weight excluding hydrogens is 771 g/mol. The molecule has 2 saturated heterocycles. The third kappa shape index (κ3) is 14.9. The molecule has 2 heterocycles. The fourth-order valence-electron chi connectivity index (χ4n) is 7.85. The summed E-state index contributed by atoms with van der Waals surface area (Å²) in [5.74, 6) is -7.82. The Labute approximate surface area is 358 Å². The van der Waals surface area contributed by atoms with Crippen LogP contribution in [-0.2, 0) is 47.7 Å². The topological polar surface area (TPSA) is 175 Å². The van der Waals surface area contributed by atoms with E-state index in [0.717, 1.165) is 5.57 Å². The van der Waals surface area contributed by atoms with E-state index in [4.69, 9.17) is 23.7 Å². The fraction of sp³-hybridized carbons (Fsp3) is 0.723. The number of carbonyl (C=O) groups excluding carboxylic acids is 5. The number of piperidine rings is 1. The van der Waals surface area contributed by atoms with Crippen molar-refractivity contribution in [3.8, 4) is 0 Å². The van der Waals surface area contributed by atoms with Gasteiger partial charge in [0.2, 0.25) is 5.79 Å². The second-order valence-electron chi connectivity index (χ2n) is 17.4. The van der Waals surface area contributed by atoms with Gasteiger partial charge >= 0.3 is 5.97 Å². The molecule has 0 radical (unpaired) electrons. The van der Waals surface area contributed by atoms with Gasteiger partial charge in [-0.3, -0.25) is 19.2 Å². The van der Waals surface area contributed by atoms with E-state index in [1.807, 2.05) is 45.9 Å². The van der Waals surface area contributed by atoms with E-state index in [-0.39, 0.29) is 54.8 Å². The number of Topliss-reactive ketones (excluding diaryl/α,β-unsaturated/α-hetero) is 3. The van der Waals surface area contributed by atoms with Crippen molar-refractivity contribution >= 4 is 29.2 Å². The lowest BCUT2D eigenvalue weighted by atomic mass is 9.85. The van der Waals surface area contributed by atoms with Gasteiger partial charge in [-0.05, 0) is 82.3 Å². The Morgan fingerprint density at radius 1 is 0.983 bits per heavy atom. The number of hydrogen-bond acceptors (Lipinski definition) is 12. The molecular formula is C47H75NO12. The average Bonchev–Trinajstić information content (AvgIpc) is 3.21. The zero-order valence-electron chi connectivity index (χ0n) is 38.1. The standard InChI is InChI=1S/C47H75NO12/c1-13-15-18-31(7)40(58-24-23-56-11)27-36-21-20-34(10)47(55,60-36)44(52)45(53)48-22-17-16-19-37(48)46(54)59-39(30(5)6)28-38(49)35(14-2)26-33(9)42(51)43(57-12)41(50)32(8)25-29(3)4/h13-15,18,26,29-30,32,34-37,39-40,42-43,51,55H,2,16-17,19-25,27-28H2,1,3-12H3/b15-13+,31-18+,33-26+/t32-,34-,35-,36+,37?,39+,40?,42-,43+,47-/m1/s1. The molecule has 0 aromatic heterocycles. The number of nitrogens with zero attached hydrogens (tertiary/aromatic N) is 1.